The summed E-state index contributed by atoms with van der Waals surface area (Å²) in [6, 6.07) is 10.3. The minimum Gasteiger partial charge on any atom is -0.481 e. The average molecular weight is 481 g/mol. The van der Waals surface area contributed by atoms with E-state index in [-0.39, 0.29) is 24.2 Å². The second-order valence-corrected chi connectivity index (χ2v) is 8.67. The van der Waals surface area contributed by atoms with Crippen molar-refractivity contribution in [1.82, 2.24) is 10.2 Å². The average Bonchev–Trinajstić information content (AvgIpc) is 3.27. The van der Waals surface area contributed by atoms with Crippen LogP contribution in [0, 0.1) is 5.82 Å². The van der Waals surface area contributed by atoms with Crippen molar-refractivity contribution in [3.8, 4) is 5.75 Å². The van der Waals surface area contributed by atoms with E-state index in [1.54, 1.807) is 24.3 Å². The maximum atomic E-state index is 13.9. The van der Waals surface area contributed by atoms with Crippen LogP contribution in [0.2, 0.25) is 10.0 Å². The van der Waals surface area contributed by atoms with Gasteiger partial charge in [-0.3, -0.25) is 9.59 Å². The summed E-state index contributed by atoms with van der Waals surface area (Å²) >= 11 is 12.7. The Morgan fingerprint density at radius 3 is 2.41 bits per heavy atom. The third-order valence-corrected chi connectivity index (χ3v) is 6.37. The largest absolute Gasteiger partial charge is 0.481 e. The summed E-state index contributed by atoms with van der Waals surface area (Å²) in [4.78, 5) is 27.7. The number of ether oxygens (including phenoxy) is 1. The molecule has 2 amide bonds. The van der Waals surface area contributed by atoms with Crippen LogP contribution in [0.25, 0.3) is 0 Å². The van der Waals surface area contributed by atoms with Gasteiger partial charge in [0.05, 0.1) is 0 Å². The summed E-state index contributed by atoms with van der Waals surface area (Å²) in [5.74, 6) is -1.27. The lowest BCUT2D eigenvalue weighted by molar-refractivity contribution is -0.143. The summed E-state index contributed by atoms with van der Waals surface area (Å²) < 4.78 is 19.3. The van der Waals surface area contributed by atoms with E-state index in [1.165, 1.54) is 23.1 Å². The minimum atomic E-state index is -0.736. The number of hydrogen-bond acceptors (Lipinski definition) is 3. The van der Waals surface area contributed by atoms with Crippen LogP contribution in [0.3, 0.4) is 0 Å². The first kappa shape index (κ1) is 24.3. The smallest absolute Gasteiger partial charge is 0.261 e. The lowest BCUT2D eigenvalue weighted by Crippen LogP contribution is -2.52. The van der Waals surface area contributed by atoms with Gasteiger partial charge in [0, 0.05) is 28.2 Å². The van der Waals surface area contributed by atoms with Gasteiger partial charge in [-0.25, -0.2) is 4.39 Å². The Balaban J connectivity index is 1.82. The van der Waals surface area contributed by atoms with Gasteiger partial charge in [0.15, 0.2) is 18.2 Å². The van der Waals surface area contributed by atoms with Crippen LogP contribution in [0.4, 0.5) is 4.39 Å². The molecule has 0 radical (unpaired) electrons. The molecule has 1 N–H and O–H groups in total. The van der Waals surface area contributed by atoms with Gasteiger partial charge < -0.3 is 15.0 Å². The normalized spacial score (nSPS) is 14.8. The van der Waals surface area contributed by atoms with Crippen molar-refractivity contribution in [1.29, 1.82) is 0 Å². The Morgan fingerprint density at radius 1 is 1.12 bits per heavy atom. The number of benzene rings is 2. The van der Waals surface area contributed by atoms with Gasteiger partial charge in [0.25, 0.3) is 5.91 Å². The predicted octanol–water partition coefficient (Wildman–Crippen LogP) is 5.38. The van der Waals surface area contributed by atoms with Crippen molar-refractivity contribution in [2.75, 3.05) is 6.61 Å². The molecule has 0 saturated heterocycles. The van der Waals surface area contributed by atoms with Gasteiger partial charge in [0.1, 0.15) is 6.04 Å². The van der Waals surface area contributed by atoms with E-state index >= 15 is 0 Å². The SMILES string of the molecule is CC[C@@H](C(=O)NC1CCCC1)N(Cc1c(Cl)cccc1Cl)C(=O)COc1ccccc1F. The van der Waals surface area contributed by atoms with E-state index in [0.29, 0.717) is 22.0 Å². The number of amides is 2. The molecular formula is C24H27Cl2FN2O3. The van der Waals surface area contributed by atoms with Crippen LogP contribution in [0.1, 0.15) is 44.6 Å². The van der Waals surface area contributed by atoms with Crippen LogP contribution in [-0.4, -0.2) is 35.4 Å². The zero-order valence-electron chi connectivity index (χ0n) is 18.0. The second kappa shape index (κ2) is 11.5. The van der Waals surface area contributed by atoms with Crippen molar-refractivity contribution < 1.29 is 18.7 Å². The highest BCUT2D eigenvalue weighted by atomic mass is 35.5. The summed E-state index contributed by atoms with van der Waals surface area (Å²) in [7, 11) is 0. The fourth-order valence-corrected chi connectivity index (χ4v) is 4.44. The van der Waals surface area contributed by atoms with Crippen molar-refractivity contribution in [3.63, 3.8) is 0 Å². The maximum absolute atomic E-state index is 13.9. The van der Waals surface area contributed by atoms with E-state index in [4.69, 9.17) is 27.9 Å². The molecule has 0 aliphatic heterocycles. The molecule has 1 aliphatic rings. The first-order valence-electron chi connectivity index (χ1n) is 10.8. The molecule has 172 valence electrons. The summed E-state index contributed by atoms with van der Waals surface area (Å²) in [5.41, 5.74) is 0.544. The Labute approximate surface area is 197 Å². The van der Waals surface area contributed by atoms with Crippen molar-refractivity contribution in [3.05, 3.63) is 63.9 Å². The third-order valence-electron chi connectivity index (χ3n) is 5.67. The Bertz CT molecular complexity index is 930. The predicted molar refractivity (Wildman–Crippen MR) is 123 cm³/mol. The van der Waals surface area contributed by atoms with Gasteiger partial charge in [-0.1, -0.05) is 61.2 Å². The van der Waals surface area contributed by atoms with E-state index in [1.807, 2.05) is 6.92 Å². The fourth-order valence-electron chi connectivity index (χ4n) is 3.92. The summed E-state index contributed by atoms with van der Waals surface area (Å²) in [6.07, 6.45) is 4.42. The van der Waals surface area contributed by atoms with Gasteiger partial charge in [0.2, 0.25) is 5.91 Å². The molecule has 1 saturated carbocycles. The van der Waals surface area contributed by atoms with Gasteiger partial charge in [-0.05, 0) is 43.5 Å². The summed E-state index contributed by atoms with van der Waals surface area (Å²) in [5, 5.41) is 3.86. The van der Waals surface area contributed by atoms with Crippen LogP contribution in [-0.2, 0) is 16.1 Å². The maximum Gasteiger partial charge on any atom is 0.261 e. The second-order valence-electron chi connectivity index (χ2n) is 7.85. The standard InChI is InChI=1S/C24H27Cl2FN2O3/c1-2-21(24(31)28-16-8-3-4-9-16)29(14-17-18(25)10-7-11-19(17)26)23(30)15-32-22-13-6-5-12-20(22)27/h5-7,10-13,16,21H,2-4,8-9,14-15H2,1H3,(H,28,31)/t21-/m0/s1. The van der Waals surface area contributed by atoms with Gasteiger partial charge in [-0.2, -0.15) is 0 Å². The quantitative estimate of drug-likeness (QED) is 0.524. The van der Waals surface area contributed by atoms with Gasteiger partial charge in [-0.15, -0.1) is 0 Å². The minimum absolute atomic E-state index is 0.0277. The molecule has 1 aliphatic carbocycles. The highest BCUT2D eigenvalue weighted by Gasteiger charge is 2.31. The van der Waals surface area contributed by atoms with Crippen LogP contribution in [0.15, 0.2) is 42.5 Å². The molecule has 0 unspecified atom stereocenters. The van der Waals surface area contributed by atoms with Crippen LogP contribution in [0.5, 0.6) is 5.75 Å². The number of carbonyl (C=O) groups is 2. The lowest BCUT2D eigenvalue weighted by atomic mass is 10.1. The van der Waals surface area contributed by atoms with E-state index in [2.05, 4.69) is 5.32 Å². The first-order valence-corrected chi connectivity index (χ1v) is 11.6. The zero-order valence-corrected chi connectivity index (χ0v) is 19.5. The topological polar surface area (TPSA) is 58.6 Å². The number of nitrogens with zero attached hydrogens (tertiary/aromatic N) is 1. The molecule has 0 bridgehead atoms. The lowest BCUT2D eigenvalue weighted by Gasteiger charge is -2.32. The number of para-hydroxylation sites is 1. The molecule has 8 heteroatoms. The first-order chi connectivity index (χ1) is 15.4. The van der Waals surface area contributed by atoms with E-state index in [9.17, 15) is 14.0 Å². The number of hydrogen-bond donors (Lipinski definition) is 1. The fraction of sp³-hybridized carbons (Fsp3) is 0.417. The van der Waals surface area contributed by atoms with Crippen LogP contribution < -0.4 is 10.1 Å². The Kier molecular flexibility index (Phi) is 8.76. The molecule has 0 aromatic heterocycles. The highest BCUT2D eigenvalue weighted by molar-refractivity contribution is 6.36. The molecule has 1 atom stereocenters. The van der Waals surface area contributed by atoms with Crippen molar-refractivity contribution >= 4 is 35.0 Å². The molecule has 0 heterocycles. The highest BCUT2D eigenvalue weighted by Crippen LogP contribution is 2.27. The third kappa shape index (κ3) is 6.14. The number of carbonyl (C=O) groups excluding carboxylic acids is 2. The molecule has 1 fully saturated rings. The Hall–Kier alpha value is -2.31. The van der Waals surface area contributed by atoms with Crippen LogP contribution >= 0.6 is 23.2 Å². The molecule has 32 heavy (non-hydrogen) atoms. The van der Waals surface area contributed by atoms with Crippen molar-refractivity contribution in [2.45, 2.75) is 57.7 Å². The molecule has 5 nitrogen and oxygen atoms in total. The van der Waals surface area contributed by atoms with E-state index < -0.39 is 24.4 Å². The van der Waals surface area contributed by atoms with Gasteiger partial charge >= 0.3 is 0 Å². The summed E-state index contributed by atoms with van der Waals surface area (Å²) in [6.45, 7) is 1.45. The molecule has 2 aromatic rings. The Morgan fingerprint density at radius 2 is 1.78 bits per heavy atom. The number of halogens is 3. The van der Waals surface area contributed by atoms with E-state index in [0.717, 1.165) is 25.7 Å². The molecular weight excluding hydrogens is 454 g/mol. The number of rotatable bonds is 9. The molecule has 3 rings (SSSR count). The number of nitrogens with one attached hydrogen (secondary N) is 1. The zero-order chi connectivity index (χ0) is 23.1. The molecule has 0 spiro atoms. The monoisotopic (exact) mass is 480 g/mol. The van der Waals surface area contributed by atoms with Crippen molar-refractivity contribution in [2.24, 2.45) is 0 Å². The molecule has 2 aromatic carbocycles.